The number of anilines is 2. The Bertz CT molecular complexity index is 569. The fourth-order valence-corrected chi connectivity index (χ4v) is 1.66. The number of ether oxygens (including phenoxy) is 1. The number of nitrogens with zero attached hydrogens (tertiary/aromatic N) is 1. The van der Waals surface area contributed by atoms with Crippen LogP contribution in [0.3, 0.4) is 0 Å². The van der Waals surface area contributed by atoms with E-state index in [1.165, 1.54) is 6.07 Å². The molecule has 0 aromatic heterocycles. The van der Waals surface area contributed by atoms with E-state index in [-0.39, 0.29) is 23.7 Å². The van der Waals surface area contributed by atoms with Crippen LogP contribution in [0.5, 0.6) is 5.75 Å². The number of fused-ring (bicyclic) bond motifs is 1. The maximum Gasteiger partial charge on any atom is 0.264 e. The van der Waals surface area contributed by atoms with Gasteiger partial charge in [-0.3, -0.25) is 4.79 Å². The van der Waals surface area contributed by atoms with E-state index in [9.17, 15) is 9.18 Å². The largest absolute Gasteiger partial charge is 0.481 e. The molecule has 0 saturated carbocycles. The van der Waals surface area contributed by atoms with Crippen LogP contribution >= 0.6 is 0 Å². The van der Waals surface area contributed by atoms with Gasteiger partial charge in [0.2, 0.25) is 0 Å². The lowest BCUT2D eigenvalue weighted by Gasteiger charge is -2.39. The number of terminal acetylenes is 1. The molecular formula is C11H7B2FN2O2. The summed E-state index contributed by atoms with van der Waals surface area (Å²) in [5.41, 5.74) is 5.42. The first-order valence-corrected chi connectivity index (χ1v) is 4.97. The van der Waals surface area contributed by atoms with Crippen molar-refractivity contribution in [2.45, 2.75) is 5.34 Å². The van der Waals surface area contributed by atoms with Crippen molar-refractivity contribution < 1.29 is 13.9 Å². The number of hydrogen-bond acceptors (Lipinski definition) is 3. The number of hydrogen-bond donors (Lipinski definition) is 1. The summed E-state index contributed by atoms with van der Waals surface area (Å²) in [5, 5.41) is -1.83. The molecule has 1 aromatic carbocycles. The predicted molar refractivity (Wildman–Crippen MR) is 66.9 cm³/mol. The molecule has 2 N–H and O–H groups in total. The fraction of sp³-hybridized carbons (Fsp3) is 0.182. The maximum absolute atomic E-state index is 13.3. The highest BCUT2D eigenvalue weighted by Crippen LogP contribution is 2.37. The van der Waals surface area contributed by atoms with Crippen LogP contribution in [0.25, 0.3) is 0 Å². The summed E-state index contributed by atoms with van der Waals surface area (Å²) >= 11 is 0. The monoisotopic (exact) mass is 240 g/mol. The lowest BCUT2D eigenvalue weighted by Crippen LogP contribution is -2.55. The van der Waals surface area contributed by atoms with Crippen molar-refractivity contribution in [1.82, 2.24) is 0 Å². The van der Waals surface area contributed by atoms with E-state index in [1.807, 2.05) is 0 Å². The van der Waals surface area contributed by atoms with Crippen LogP contribution in [0.4, 0.5) is 15.8 Å². The van der Waals surface area contributed by atoms with Crippen LogP contribution in [-0.2, 0) is 4.79 Å². The van der Waals surface area contributed by atoms with Gasteiger partial charge in [-0.2, -0.15) is 0 Å². The lowest BCUT2D eigenvalue weighted by atomic mass is 9.61. The summed E-state index contributed by atoms with van der Waals surface area (Å²) in [6, 6.07) is 2.25. The molecule has 1 aliphatic heterocycles. The smallest absolute Gasteiger partial charge is 0.264 e. The van der Waals surface area contributed by atoms with Gasteiger partial charge in [0.15, 0.2) is 6.61 Å². The molecule has 0 atom stereocenters. The second-order valence-corrected chi connectivity index (χ2v) is 3.83. The van der Waals surface area contributed by atoms with Crippen LogP contribution in [-0.4, -0.2) is 33.5 Å². The van der Waals surface area contributed by atoms with Crippen molar-refractivity contribution in [3.63, 3.8) is 0 Å². The number of benzene rings is 1. The van der Waals surface area contributed by atoms with Gasteiger partial charge in [-0.05, 0) is 6.07 Å². The summed E-state index contributed by atoms with van der Waals surface area (Å²) in [5.74, 6) is 1.00. The SMILES string of the molecule is [B]C([B])(C#C)N1C(=O)COc2cc(F)c(N)cc21. The third-order valence-electron chi connectivity index (χ3n) is 2.52. The number of rotatable bonds is 1. The normalized spacial score (nSPS) is 14.7. The first kappa shape index (κ1) is 12.4. The summed E-state index contributed by atoms with van der Waals surface area (Å²) in [4.78, 5) is 12.7. The van der Waals surface area contributed by atoms with Crippen molar-refractivity contribution in [3.05, 3.63) is 17.9 Å². The Balaban J connectivity index is 2.62. The van der Waals surface area contributed by atoms with Crippen LogP contribution in [0.15, 0.2) is 12.1 Å². The molecule has 0 aliphatic carbocycles. The van der Waals surface area contributed by atoms with Crippen molar-refractivity contribution >= 4 is 33.0 Å². The topological polar surface area (TPSA) is 55.6 Å². The highest BCUT2D eigenvalue weighted by Gasteiger charge is 2.35. The first-order valence-electron chi connectivity index (χ1n) is 4.97. The molecular weight excluding hydrogens is 233 g/mol. The number of carbonyl (C=O) groups excluding carboxylic acids is 1. The Hall–Kier alpha value is -2.09. The van der Waals surface area contributed by atoms with Crippen LogP contribution in [0.2, 0.25) is 0 Å². The second-order valence-electron chi connectivity index (χ2n) is 3.83. The molecule has 86 valence electrons. The Morgan fingerprint density at radius 1 is 1.56 bits per heavy atom. The zero-order valence-corrected chi connectivity index (χ0v) is 9.31. The predicted octanol–water partition coefficient (Wildman–Crippen LogP) is -0.243. The number of nitrogens with two attached hydrogens (primary N) is 1. The molecule has 4 radical (unpaired) electrons. The van der Waals surface area contributed by atoms with E-state index in [0.29, 0.717) is 0 Å². The zero-order chi connectivity index (χ0) is 13.5. The van der Waals surface area contributed by atoms with Gasteiger partial charge in [-0.25, -0.2) is 4.39 Å². The van der Waals surface area contributed by atoms with Gasteiger partial charge in [-0.15, -0.1) is 6.42 Å². The molecule has 1 amide bonds. The third-order valence-corrected chi connectivity index (χ3v) is 2.52. The molecule has 0 spiro atoms. The van der Waals surface area contributed by atoms with Crippen LogP contribution in [0, 0.1) is 18.2 Å². The number of nitrogen functional groups attached to an aromatic ring is 1. The van der Waals surface area contributed by atoms with Gasteiger partial charge in [0.05, 0.1) is 11.4 Å². The van der Waals surface area contributed by atoms with Gasteiger partial charge in [0, 0.05) is 11.4 Å². The van der Waals surface area contributed by atoms with Crippen molar-refractivity contribution in [3.8, 4) is 18.1 Å². The van der Waals surface area contributed by atoms with E-state index in [4.69, 9.17) is 32.6 Å². The van der Waals surface area contributed by atoms with Crippen LogP contribution in [0.1, 0.15) is 0 Å². The van der Waals surface area contributed by atoms with Crippen molar-refractivity contribution in [2.75, 3.05) is 17.2 Å². The molecule has 18 heavy (non-hydrogen) atoms. The molecule has 0 fully saturated rings. The third kappa shape index (κ3) is 1.80. The molecule has 4 nitrogen and oxygen atoms in total. The molecule has 0 unspecified atom stereocenters. The molecule has 1 aliphatic rings. The minimum atomic E-state index is -1.83. The van der Waals surface area contributed by atoms with E-state index in [2.05, 4.69) is 5.92 Å². The average Bonchev–Trinajstić information content (AvgIpc) is 2.31. The lowest BCUT2D eigenvalue weighted by molar-refractivity contribution is -0.121. The van der Waals surface area contributed by atoms with Crippen LogP contribution < -0.4 is 15.4 Å². The highest BCUT2D eigenvalue weighted by molar-refractivity contribution is 6.46. The summed E-state index contributed by atoms with van der Waals surface area (Å²) in [6.45, 7) is -0.325. The zero-order valence-electron chi connectivity index (χ0n) is 9.31. The Morgan fingerprint density at radius 3 is 2.83 bits per heavy atom. The number of carbonyl (C=O) groups is 1. The number of amides is 1. The molecule has 2 rings (SSSR count). The quantitative estimate of drug-likeness (QED) is 0.418. The second kappa shape index (κ2) is 3.98. The van der Waals surface area contributed by atoms with Crippen molar-refractivity contribution in [2.24, 2.45) is 0 Å². The van der Waals surface area contributed by atoms with E-state index >= 15 is 0 Å². The molecule has 1 heterocycles. The maximum atomic E-state index is 13.3. The molecule has 0 saturated heterocycles. The summed E-state index contributed by atoms with van der Waals surface area (Å²) < 4.78 is 18.4. The fourth-order valence-electron chi connectivity index (χ4n) is 1.66. The van der Waals surface area contributed by atoms with Gasteiger partial charge in [0.1, 0.15) is 27.3 Å². The van der Waals surface area contributed by atoms with Gasteiger partial charge >= 0.3 is 0 Å². The first-order chi connectivity index (χ1) is 8.36. The van der Waals surface area contributed by atoms with Crippen molar-refractivity contribution in [1.29, 1.82) is 0 Å². The minimum Gasteiger partial charge on any atom is -0.481 e. The molecule has 0 bridgehead atoms. The highest BCUT2D eigenvalue weighted by atomic mass is 19.1. The van der Waals surface area contributed by atoms with Gasteiger partial charge in [-0.1, -0.05) is 5.92 Å². The average molecular weight is 240 g/mol. The van der Waals surface area contributed by atoms with Gasteiger partial charge in [0.25, 0.3) is 5.91 Å². The van der Waals surface area contributed by atoms with E-state index < -0.39 is 17.1 Å². The Labute approximate surface area is 106 Å². The Morgan fingerprint density at radius 2 is 2.22 bits per heavy atom. The molecule has 1 aromatic rings. The van der Waals surface area contributed by atoms with E-state index in [1.54, 1.807) is 0 Å². The Kier molecular flexibility index (Phi) is 2.74. The standard InChI is InChI=1S/C11H7B2FN2O2/c1-2-11(12,13)16-8-4-7(15)6(14)3-9(8)18-5-10(16)17/h1,3-4H,5,15H2. The summed E-state index contributed by atoms with van der Waals surface area (Å²) in [7, 11) is 11.3. The number of halogens is 1. The summed E-state index contributed by atoms with van der Waals surface area (Å²) in [6.07, 6.45) is 5.18. The van der Waals surface area contributed by atoms with Gasteiger partial charge < -0.3 is 15.4 Å². The molecule has 7 heteroatoms. The van der Waals surface area contributed by atoms with E-state index in [0.717, 1.165) is 11.0 Å². The minimum absolute atomic E-state index is 0.108.